The number of nitrogens with zero attached hydrogens (tertiary/aromatic N) is 2. The largest absolute Gasteiger partial charge is 0.355 e. The fraction of sp³-hybridized carbons (Fsp3) is 0.0909. The molecule has 0 saturated heterocycles. The summed E-state index contributed by atoms with van der Waals surface area (Å²) in [6, 6.07) is 14.1. The van der Waals surface area contributed by atoms with Crippen molar-refractivity contribution in [1.82, 2.24) is 15.5 Å². The highest BCUT2D eigenvalue weighted by Gasteiger charge is 2.20. The van der Waals surface area contributed by atoms with E-state index < -0.39 is 11.7 Å². The van der Waals surface area contributed by atoms with Crippen molar-refractivity contribution in [2.75, 3.05) is 12.4 Å². The molecule has 0 aliphatic carbocycles. The first-order chi connectivity index (χ1) is 14.5. The molecule has 4 aromatic rings. The average molecular weight is 404 g/mol. The molecule has 0 bridgehead atoms. The van der Waals surface area contributed by atoms with Crippen LogP contribution in [0.2, 0.25) is 0 Å². The van der Waals surface area contributed by atoms with Gasteiger partial charge in [-0.25, -0.2) is 9.37 Å². The number of hydrogen-bond acceptors (Lipinski definition) is 5. The first-order valence-corrected chi connectivity index (χ1v) is 9.13. The molecule has 0 radical (unpaired) electrons. The number of hydrogen-bond donors (Lipinski definition) is 2. The van der Waals surface area contributed by atoms with Crippen LogP contribution in [0.4, 0.5) is 10.1 Å². The van der Waals surface area contributed by atoms with E-state index in [4.69, 9.17) is 4.52 Å². The second-order valence-electron chi connectivity index (χ2n) is 6.59. The van der Waals surface area contributed by atoms with Crippen LogP contribution in [0.25, 0.3) is 22.4 Å². The maximum atomic E-state index is 14.3. The van der Waals surface area contributed by atoms with E-state index in [-0.39, 0.29) is 28.4 Å². The van der Waals surface area contributed by atoms with Gasteiger partial charge in [-0.3, -0.25) is 9.59 Å². The summed E-state index contributed by atoms with van der Waals surface area (Å²) in [6.45, 7) is 1.70. The van der Waals surface area contributed by atoms with Crippen molar-refractivity contribution >= 4 is 28.6 Å². The molecule has 0 aliphatic heterocycles. The zero-order chi connectivity index (χ0) is 21.3. The molecule has 8 heteroatoms. The quantitative estimate of drug-likeness (QED) is 0.537. The van der Waals surface area contributed by atoms with Gasteiger partial charge in [0.25, 0.3) is 17.5 Å². The van der Waals surface area contributed by atoms with Crippen molar-refractivity contribution in [3.05, 3.63) is 77.2 Å². The number of benzene rings is 2. The van der Waals surface area contributed by atoms with E-state index in [2.05, 4.69) is 20.8 Å². The van der Waals surface area contributed by atoms with Crippen LogP contribution in [-0.2, 0) is 0 Å². The predicted molar refractivity (Wildman–Crippen MR) is 110 cm³/mol. The summed E-state index contributed by atoms with van der Waals surface area (Å²) < 4.78 is 19.5. The number of carbonyl (C=O) groups is 2. The molecular formula is C22H17FN4O3. The molecule has 0 aliphatic rings. The third-order valence-electron chi connectivity index (χ3n) is 4.64. The Balaban J connectivity index is 1.74. The smallest absolute Gasteiger partial charge is 0.259 e. The second kappa shape index (κ2) is 7.75. The number of nitrogens with one attached hydrogen (secondary N) is 2. The van der Waals surface area contributed by atoms with Crippen molar-refractivity contribution in [3.63, 3.8) is 0 Å². The minimum atomic E-state index is -0.461. The second-order valence-corrected chi connectivity index (χ2v) is 6.59. The van der Waals surface area contributed by atoms with Gasteiger partial charge in [-0.1, -0.05) is 17.3 Å². The molecule has 7 nitrogen and oxygen atoms in total. The third-order valence-corrected chi connectivity index (χ3v) is 4.64. The lowest BCUT2D eigenvalue weighted by Crippen LogP contribution is -2.18. The maximum Gasteiger partial charge on any atom is 0.259 e. The number of halogens is 1. The number of aryl methyl sites for hydroxylation is 1. The van der Waals surface area contributed by atoms with Gasteiger partial charge in [0.2, 0.25) is 0 Å². The summed E-state index contributed by atoms with van der Waals surface area (Å²) in [5, 5.41) is 9.66. The molecule has 150 valence electrons. The summed E-state index contributed by atoms with van der Waals surface area (Å²) in [7, 11) is 1.54. The molecule has 0 fully saturated rings. The van der Waals surface area contributed by atoms with Crippen molar-refractivity contribution in [3.8, 4) is 11.3 Å². The van der Waals surface area contributed by atoms with Crippen LogP contribution in [0.1, 0.15) is 26.4 Å². The maximum absolute atomic E-state index is 14.3. The van der Waals surface area contributed by atoms with Crippen LogP contribution in [0.3, 0.4) is 0 Å². The van der Waals surface area contributed by atoms with Gasteiger partial charge >= 0.3 is 0 Å². The van der Waals surface area contributed by atoms with Crippen LogP contribution in [0.5, 0.6) is 0 Å². The lowest BCUT2D eigenvalue weighted by Gasteiger charge is -2.09. The third kappa shape index (κ3) is 3.50. The highest BCUT2D eigenvalue weighted by atomic mass is 19.1. The summed E-state index contributed by atoms with van der Waals surface area (Å²) in [5.41, 5.74) is 2.38. The van der Waals surface area contributed by atoms with Crippen LogP contribution < -0.4 is 10.6 Å². The summed E-state index contributed by atoms with van der Waals surface area (Å²) >= 11 is 0. The van der Waals surface area contributed by atoms with Gasteiger partial charge in [0.05, 0.1) is 22.3 Å². The van der Waals surface area contributed by atoms with E-state index in [0.717, 1.165) is 0 Å². The monoisotopic (exact) mass is 404 g/mol. The summed E-state index contributed by atoms with van der Waals surface area (Å²) in [5.74, 6) is -1.12. The van der Waals surface area contributed by atoms with Crippen molar-refractivity contribution in [1.29, 1.82) is 0 Å². The van der Waals surface area contributed by atoms with Gasteiger partial charge in [0.15, 0.2) is 0 Å². The first kappa shape index (κ1) is 19.3. The Morgan fingerprint density at radius 3 is 2.47 bits per heavy atom. The molecule has 2 aromatic heterocycles. The molecule has 0 unspecified atom stereocenters. The van der Waals surface area contributed by atoms with Crippen LogP contribution >= 0.6 is 0 Å². The Bertz CT molecular complexity index is 1270. The first-order valence-electron chi connectivity index (χ1n) is 9.13. The van der Waals surface area contributed by atoms with E-state index in [0.29, 0.717) is 22.3 Å². The summed E-state index contributed by atoms with van der Waals surface area (Å²) in [6.07, 6.45) is 0. The molecule has 0 atom stereocenters. The Kier molecular flexibility index (Phi) is 4.97. The Labute approximate surface area is 170 Å². The predicted octanol–water partition coefficient (Wildman–Crippen LogP) is 3.95. The lowest BCUT2D eigenvalue weighted by molar-refractivity contribution is 0.0962. The molecule has 0 spiro atoms. The van der Waals surface area contributed by atoms with Crippen LogP contribution in [0.15, 0.2) is 59.1 Å². The summed E-state index contributed by atoms with van der Waals surface area (Å²) in [4.78, 5) is 29.0. The Hall–Kier alpha value is -4.07. The zero-order valence-corrected chi connectivity index (χ0v) is 16.2. The van der Waals surface area contributed by atoms with E-state index >= 15 is 0 Å². The number of fused-ring (bicyclic) bond motifs is 1. The molecule has 2 heterocycles. The van der Waals surface area contributed by atoms with E-state index in [1.165, 1.54) is 12.1 Å². The number of amides is 2. The SMILES string of the molecule is CNC(=O)c1ccc(NC(=O)c2cc(-c3ccccc3F)nc3onc(C)c23)cc1. The highest BCUT2D eigenvalue weighted by molar-refractivity contribution is 6.13. The minimum Gasteiger partial charge on any atom is -0.355 e. The van der Waals surface area contributed by atoms with Crippen molar-refractivity contribution < 1.29 is 18.5 Å². The fourth-order valence-corrected chi connectivity index (χ4v) is 3.13. The molecule has 30 heavy (non-hydrogen) atoms. The number of rotatable bonds is 4. The van der Waals surface area contributed by atoms with Crippen molar-refractivity contribution in [2.45, 2.75) is 6.92 Å². The topological polar surface area (TPSA) is 97.1 Å². The molecule has 4 rings (SSSR count). The van der Waals surface area contributed by atoms with E-state index in [1.807, 2.05) is 0 Å². The number of pyridine rings is 1. The van der Waals surface area contributed by atoms with Crippen LogP contribution in [0, 0.1) is 12.7 Å². The fourth-order valence-electron chi connectivity index (χ4n) is 3.13. The molecule has 0 saturated carbocycles. The molecule has 2 amide bonds. The van der Waals surface area contributed by atoms with Gasteiger partial charge in [-0.2, -0.15) is 0 Å². The normalized spacial score (nSPS) is 10.8. The van der Waals surface area contributed by atoms with Gasteiger partial charge in [0, 0.05) is 23.9 Å². The standard InChI is InChI=1S/C22H17FN4O3/c1-12-19-16(21(29)25-14-9-7-13(8-10-14)20(28)24-2)11-18(26-22(19)30-27-12)15-5-3-4-6-17(15)23/h3-11H,1-2H3,(H,24,28)(H,25,29). The van der Waals surface area contributed by atoms with Gasteiger partial charge in [-0.05, 0) is 49.4 Å². The number of anilines is 1. The van der Waals surface area contributed by atoms with E-state index in [9.17, 15) is 14.0 Å². The highest BCUT2D eigenvalue weighted by Crippen LogP contribution is 2.29. The van der Waals surface area contributed by atoms with Crippen molar-refractivity contribution in [2.24, 2.45) is 0 Å². The molecule has 2 N–H and O–H groups in total. The van der Waals surface area contributed by atoms with Crippen LogP contribution in [-0.4, -0.2) is 29.0 Å². The molecular weight excluding hydrogens is 387 g/mol. The van der Waals surface area contributed by atoms with Gasteiger partial charge in [0.1, 0.15) is 5.82 Å². The Morgan fingerprint density at radius 1 is 1.03 bits per heavy atom. The van der Waals surface area contributed by atoms with Gasteiger partial charge in [-0.15, -0.1) is 0 Å². The minimum absolute atomic E-state index is 0.147. The Morgan fingerprint density at radius 2 is 1.77 bits per heavy atom. The molecule has 2 aromatic carbocycles. The lowest BCUT2D eigenvalue weighted by atomic mass is 10.0. The number of aromatic nitrogens is 2. The van der Waals surface area contributed by atoms with E-state index in [1.54, 1.807) is 56.4 Å². The van der Waals surface area contributed by atoms with Gasteiger partial charge < -0.3 is 15.2 Å². The number of carbonyl (C=O) groups excluding carboxylic acids is 2. The average Bonchev–Trinajstić information content (AvgIpc) is 3.14. The zero-order valence-electron chi connectivity index (χ0n) is 16.2.